The van der Waals surface area contributed by atoms with E-state index in [1.54, 1.807) is 0 Å². The lowest BCUT2D eigenvalue weighted by atomic mass is 9.72. The van der Waals surface area contributed by atoms with Gasteiger partial charge < -0.3 is 0 Å². The first-order chi connectivity index (χ1) is 16.7. The Hall–Kier alpha value is -3.78. The summed E-state index contributed by atoms with van der Waals surface area (Å²) in [5, 5.41) is 0. The highest BCUT2D eigenvalue weighted by molar-refractivity contribution is 5.93. The van der Waals surface area contributed by atoms with Gasteiger partial charge in [-0.05, 0) is 66.4 Å². The van der Waals surface area contributed by atoms with Gasteiger partial charge in [0.25, 0.3) is 0 Å². The van der Waals surface area contributed by atoms with E-state index < -0.39 is 0 Å². The molecule has 0 spiro atoms. The number of hydrogen-bond donors (Lipinski definition) is 0. The maximum Gasteiger partial charge on any atom is 0.0957 e. The fraction of sp³-hybridized carbons (Fsp3) is 0.188. The second-order valence-electron chi connectivity index (χ2n) is 9.08. The van der Waals surface area contributed by atoms with Gasteiger partial charge in [-0.15, -0.1) is 0 Å². The van der Waals surface area contributed by atoms with Crippen molar-refractivity contribution in [3.63, 3.8) is 0 Å². The average molecular weight is 443 g/mol. The van der Waals surface area contributed by atoms with Crippen molar-refractivity contribution >= 4 is 40.5 Å². The normalized spacial score (nSPS) is 19.8. The summed E-state index contributed by atoms with van der Waals surface area (Å²) >= 11 is 0. The molecular weight excluding hydrogens is 412 g/mol. The van der Waals surface area contributed by atoms with Gasteiger partial charge in [-0.3, -0.25) is 9.98 Å². The van der Waals surface area contributed by atoms with E-state index in [1.807, 2.05) is 19.2 Å². The molecule has 0 saturated carbocycles. The Balaban J connectivity index is 1.63. The van der Waals surface area contributed by atoms with Crippen molar-refractivity contribution in [1.29, 1.82) is 0 Å². The number of allylic oxidation sites excluding steroid dienone is 4. The predicted molar refractivity (Wildman–Crippen MR) is 147 cm³/mol. The van der Waals surface area contributed by atoms with Crippen molar-refractivity contribution in [1.82, 2.24) is 0 Å². The molecule has 0 aromatic heterocycles. The molecule has 0 N–H and O–H groups in total. The minimum Gasteiger partial charge on any atom is -0.259 e. The zero-order chi connectivity index (χ0) is 23.5. The van der Waals surface area contributed by atoms with E-state index in [2.05, 4.69) is 98.5 Å². The molecule has 168 valence electrons. The summed E-state index contributed by atoms with van der Waals surface area (Å²) in [4.78, 5) is 9.69. The molecule has 2 nitrogen and oxygen atoms in total. The molecule has 0 amide bonds. The van der Waals surface area contributed by atoms with Gasteiger partial charge in [-0.25, -0.2) is 0 Å². The number of fused-ring (bicyclic) bond motifs is 1. The quantitative estimate of drug-likeness (QED) is 0.353. The van der Waals surface area contributed by atoms with Crippen LogP contribution in [0.5, 0.6) is 0 Å². The third-order valence-corrected chi connectivity index (χ3v) is 6.86. The summed E-state index contributed by atoms with van der Waals surface area (Å²) in [6.07, 6.45) is 10.6. The Bertz CT molecular complexity index is 1320. The van der Waals surface area contributed by atoms with Crippen LogP contribution in [-0.4, -0.2) is 11.9 Å². The number of benzene rings is 3. The second-order valence-corrected chi connectivity index (χ2v) is 9.08. The van der Waals surface area contributed by atoms with Gasteiger partial charge in [-0.1, -0.05) is 97.6 Å². The zero-order valence-electron chi connectivity index (χ0n) is 19.9. The number of rotatable bonds is 5. The molecule has 0 bridgehead atoms. The number of nitrogens with zero attached hydrogens (tertiary/aromatic N) is 2. The van der Waals surface area contributed by atoms with Gasteiger partial charge >= 0.3 is 0 Å². The van der Waals surface area contributed by atoms with Crippen LogP contribution in [0.4, 0.5) is 11.4 Å². The van der Waals surface area contributed by atoms with E-state index >= 15 is 0 Å². The molecule has 0 radical (unpaired) electrons. The molecule has 3 aromatic carbocycles. The van der Waals surface area contributed by atoms with Gasteiger partial charge in [0.05, 0.1) is 11.4 Å². The Morgan fingerprint density at radius 2 is 1.62 bits per heavy atom. The third kappa shape index (κ3) is 4.24. The molecule has 1 unspecified atom stereocenters. The van der Waals surface area contributed by atoms with E-state index in [-0.39, 0.29) is 0 Å². The average Bonchev–Trinajstić information content (AvgIpc) is 2.89. The Kier molecular flexibility index (Phi) is 6.22. The molecule has 0 saturated heterocycles. The van der Waals surface area contributed by atoms with Crippen LogP contribution in [-0.2, 0) is 0 Å². The minimum absolute atomic E-state index is 0.350. The molecule has 5 rings (SSSR count). The lowest BCUT2D eigenvalue weighted by molar-refractivity contribution is 0.524. The fourth-order valence-electron chi connectivity index (χ4n) is 5.26. The standard InChI is InChI=1S/C32H30N2/c1-4-23-16-17-29-30(18-22(3)34-32(29)31(23)33-5-2)28-20-26(24-12-8-6-9-13-24)19-27(21-28)25-14-10-7-11-15-25/h4-17,19-20,28,30H,1,18,21H2,2-3H3/t28-,30?/m1/s1. The first kappa shape index (κ1) is 22.0. The Labute approximate surface area is 202 Å². The number of hydrogen-bond acceptors (Lipinski definition) is 2. The van der Waals surface area contributed by atoms with Crippen LogP contribution < -0.4 is 0 Å². The van der Waals surface area contributed by atoms with Crippen molar-refractivity contribution < 1.29 is 0 Å². The van der Waals surface area contributed by atoms with E-state index in [0.717, 1.165) is 35.5 Å². The molecule has 1 aliphatic heterocycles. The summed E-state index contributed by atoms with van der Waals surface area (Å²) < 4.78 is 0. The largest absolute Gasteiger partial charge is 0.259 e. The van der Waals surface area contributed by atoms with Crippen LogP contribution in [0.2, 0.25) is 0 Å². The molecule has 1 heterocycles. The van der Waals surface area contributed by atoms with Crippen molar-refractivity contribution in [2.45, 2.75) is 32.6 Å². The van der Waals surface area contributed by atoms with E-state index in [4.69, 9.17) is 9.98 Å². The molecule has 2 aliphatic rings. The molecule has 2 atom stereocenters. The fourth-order valence-corrected chi connectivity index (χ4v) is 5.26. The van der Waals surface area contributed by atoms with Crippen LogP contribution in [0, 0.1) is 5.92 Å². The Morgan fingerprint density at radius 1 is 0.912 bits per heavy atom. The van der Waals surface area contributed by atoms with Crippen molar-refractivity contribution in [3.05, 3.63) is 114 Å². The smallest absolute Gasteiger partial charge is 0.0957 e. The van der Waals surface area contributed by atoms with E-state index in [0.29, 0.717) is 11.8 Å². The molecular formula is C32H30N2. The van der Waals surface area contributed by atoms with Gasteiger partial charge in [0, 0.05) is 17.5 Å². The highest BCUT2D eigenvalue weighted by Gasteiger charge is 2.32. The third-order valence-electron chi connectivity index (χ3n) is 6.86. The van der Waals surface area contributed by atoms with Crippen LogP contribution in [0.1, 0.15) is 54.9 Å². The second kappa shape index (κ2) is 9.61. The first-order valence-electron chi connectivity index (χ1n) is 12.0. The van der Waals surface area contributed by atoms with Gasteiger partial charge in [0.2, 0.25) is 0 Å². The van der Waals surface area contributed by atoms with Crippen LogP contribution >= 0.6 is 0 Å². The molecule has 0 fully saturated rings. The topological polar surface area (TPSA) is 24.7 Å². The lowest BCUT2D eigenvalue weighted by Gasteiger charge is -2.33. The summed E-state index contributed by atoms with van der Waals surface area (Å²) in [5.41, 5.74) is 10.7. The molecule has 2 heteroatoms. The molecule has 3 aromatic rings. The summed E-state index contributed by atoms with van der Waals surface area (Å²) in [5.74, 6) is 0.718. The number of aliphatic imine (C=N–C) groups is 2. The monoisotopic (exact) mass is 442 g/mol. The first-order valence-corrected chi connectivity index (χ1v) is 12.0. The van der Waals surface area contributed by atoms with Crippen LogP contribution in [0.15, 0.2) is 102 Å². The van der Waals surface area contributed by atoms with Crippen molar-refractivity contribution in [2.75, 3.05) is 0 Å². The van der Waals surface area contributed by atoms with E-state index in [9.17, 15) is 0 Å². The molecule has 34 heavy (non-hydrogen) atoms. The summed E-state index contributed by atoms with van der Waals surface area (Å²) in [7, 11) is 0. The Morgan fingerprint density at radius 3 is 2.29 bits per heavy atom. The van der Waals surface area contributed by atoms with Gasteiger partial charge in [0.1, 0.15) is 0 Å². The maximum atomic E-state index is 4.99. The van der Waals surface area contributed by atoms with Crippen molar-refractivity contribution in [2.24, 2.45) is 15.9 Å². The molecule has 1 aliphatic carbocycles. The van der Waals surface area contributed by atoms with Crippen LogP contribution in [0.3, 0.4) is 0 Å². The predicted octanol–water partition coefficient (Wildman–Crippen LogP) is 8.82. The lowest BCUT2D eigenvalue weighted by Crippen LogP contribution is -2.20. The highest BCUT2D eigenvalue weighted by atomic mass is 14.8. The van der Waals surface area contributed by atoms with Crippen LogP contribution in [0.25, 0.3) is 17.2 Å². The van der Waals surface area contributed by atoms with Gasteiger partial charge in [-0.2, -0.15) is 0 Å². The zero-order valence-corrected chi connectivity index (χ0v) is 19.9. The van der Waals surface area contributed by atoms with E-state index in [1.165, 1.54) is 27.8 Å². The summed E-state index contributed by atoms with van der Waals surface area (Å²) in [6, 6.07) is 25.9. The maximum absolute atomic E-state index is 4.99. The van der Waals surface area contributed by atoms with Crippen molar-refractivity contribution in [3.8, 4) is 0 Å². The highest BCUT2D eigenvalue weighted by Crippen LogP contribution is 2.49. The SMILES string of the molecule is C=Cc1ccc2c(c1N=CC)N=C(C)CC2[C@@H]1C=C(c2ccccc2)C=C(c2ccccc2)C1. The van der Waals surface area contributed by atoms with Gasteiger partial charge in [0.15, 0.2) is 0 Å². The summed E-state index contributed by atoms with van der Waals surface area (Å²) in [6.45, 7) is 8.10. The minimum atomic E-state index is 0.350.